The Kier molecular flexibility index (Phi) is 35.3. The Morgan fingerprint density at radius 1 is 0.574 bits per heavy atom. The molecule has 10 heteroatoms. The van der Waals surface area contributed by atoms with Crippen LogP contribution >= 0.6 is 7.82 Å². The van der Waals surface area contributed by atoms with E-state index in [1.54, 1.807) is 0 Å². The minimum absolute atomic E-state index is 0.217. The van der Waals surface area contributed by atoms with E-state index in [0.29, 0.717) is 23.9 Å². The number of rotatable bonds is 40. The third-order valence-corrected chi connectivity index (χ3v) is 10.8. The molecule has 9 nitrogen and oxygen atoms in total. The Hall–Kier alpha value is -1.25. The van der Waals surface area contributed by atoms with E-state index in [9.17, 15) is 19.0 Å². The highest BCUT2D eigenvalue weighted by Gasteiger charge is 2.25. The van der Waals surface area contributed by atoms with Crippen molar-refractivity contribution in [3.63, 3.8) is 0 Å². The second-order valence-corrected chi connectivity index (χ2v) is 17.8. The Morgan fingerprint density at radius 3 is 1.41 bits per heavy atom. The lowest BCUT2D eigenvalue weighted by atomic mass is 10.0. The lowest BCUT2D eigenvalue weighted by Gasteiger charge is -2.33. The number of hydrogen-bond donors (Lipinski definition) is 0. The van der Waals surface area contributed by atoms with E-state index in [0.717, 1.165) is 51.4 Å². The van der Waals surface area contributed by atoms with Gasteiger partial charge in [-0.05, 0) is 44.9 Å². The molecule has 320 valence electrons. The highest BCUT2D eigenvalue weighted by atomic mass is 31.2. The van der Waals surface area contributed by atoms with Gasteiger partial charge >= 0.3 is 11.9 Å². The summed E-state index contributed by atoms with van der Waals surface area (Å²) in [4.78, 5) is 38.0. The minimum atomic E-state index is -4.69. The zero-order valence-electron chi connectivity index (χ0n) is 36.1. The number of quaternary nitrogens is 1. The molecule has 2 unspecified atom stereocenters. The number of ether oxygens (including phenoxy) is 2. The molecule has 0 fully saturated rings. The number of unbranched alkanes of at least 4 members (excludes halogenated alkanes) is 23. The van der Waals surface area contributed by atoms with Crippen molar-refractivity contribution in [2.24, 2.45) is 0 Å². The summed E-state index contributed by atoms with van der Waals surface area (Å²) >= 11 is 0. The van der Waals surface area contributed by atoms with Crippen molar-refractivity contribution in [2.45, 2.75) is 219 Å². The van der Waals surface area contributed by atoms with E-state index >= 15 is 0 Å². The molecule has 54 heavy (non-hydrogen) atoms. The van der Waals surface area contributed by atoms with Crippen LogP contribution in [0.25, 0.3) is 0 Å². The summed E-state index contributed by atoms with van der Waals surface area (Å²) in [7, 11) is 1.19. The van der Waals surface area contributed by atoms with E-state index in [4.69, 9.17) is 18.5 Å². The van der Waals surface area contributed by atoms with Gasteiger partial charge in [0.2, 0.25) is 0 Å². The number of phosphoric ester groups is 1. The molecule has 0 aromatic rings. The molecule has 3 atom stereocenters. The lowest BCUT2D eigenvalue weighted by molar-refractivity contribution is -0.873. The highest BCUT2D eigenvalue weighted by Crippen LogP contribution is 2.41. The smallest absolute Gasteiger partial charge is 0.306 e. The quantitative estimate of drug-likeness (QED) is 0.0198. The van der Waals surface area contributed by atoms with Crippen LogP contribution in [0, 0.1) is 0 Å². The van der Waals surface area contributed by atoms with Gasteiger partial charge in [-0.25, -0.2) is 0 Å². The van der Waals surface area contributed by atoms with Crippen molar-refractivity contribution in [1.82, 2.24) is 0 Å². The van der Waals surface area contributed by atoms with E-state index in [-0.39, 0.29) is 25.4 Å². The predicted octanol–water partition coefficient (Wildman–Crippen LogP) is 11.9. The summed E-state index contributed by atoms with van der Waals surface area (Å²) in [6, 6.07) is 0. The van der Waals surface area contributed by atoms with Gasteiger partial charge in [0.25, 0.3) is 7.82 Å². The molecule has 0 saturated carbocycles. The third kappa shape index (κ3) is 37.7. The van der Waals surface area contributed by atoms with Crippen molar-refractivity contribution in [3.8, 4) is 0 Å². The number of carbonyl (C=O) groups is 2. The first-order valence-corrected chi connectivity index (χ1v) is 23.8. The van der Waals surface area contributed by atoms with Gasteiger partial charge in [-0.2, -0.15) is 0 Å². The Labute approximate surface area is 333 Å². The molecule has 0 aliphatic heterocycles. The molecule has 0 rings (SSSR count). The predicted molar refractivity (Wildman–Crippen MR) is 222 cm³/mol. The van der Waals surface area contributed by atoms with Crippen LogP contribution in [0.2, 0.25) is 0 Å². The SMILES string of the molecule is CCCCCCCC/C=C\CCCCCCCC(=O)O[C@H](COC(=O)CCCCCCCCCCCCCCC)COP(=O)([O-])OC(CC)C[N+](C)(C)C. The fourth-order valence-electron chi connectivity index (χ4n) is 6.48. The molecule has 0 aliphatic rings. The summed E-state index contributed by atoms with van der Waals surface area (Å²) in [5.41, 5.74) is 0. The number of likely N-dealkylation sites (N-methyl/N-ethyl adjacent to an activating group) is 1. The van der Waals surface area contributed by atoms with Crippen LogP contribution in [-0.2, 0) is 32.7 Å². The standard InChI is InChI=1S/C44H86NO8P/c1-7-10-12-14-16-18-20-22-23-25-27-29-31-33-35-37-44(47)52-42(40-51-54(48,49)53-41(9-3)38-45(4,5)6)39-50-43(46)36-34-32-30-28-26-24-21-19-17-15-13-11-8-2/h22-23,41-42H,7-21,24-40H2,1-6H3/b23-22-/t41?,42-/m1/s1. The van der Waals surface area contributed by atoms with Crippen molar-refractivity contribution in [3.05, 3.63) is 12.2 Å². The van der Waals surface area contributed by atoms with E-state index in [2.05, 4.69) is 26.0 Å². The average molecular weight is 788 g/mol. The molecule has 0 N–H and O–H groups in total. The molecule has 0 radical (unpaired) electrons. The van der Waals surface area contributed by atoms with Gasteiger partial charge in [-0.15, -0.1) is 0 Å². The van der Waals surface area contributed by atoms with Gasteiger partial charge in [0.15, 0.2) is 6.10 Å². The molecule has 0 aromatic heterocycles. The number of hydrogen-bond acceptors (Lipinski definition) is 8. The van der Waals surface area contributed by atoms with Crippen LogP contribution in [0.4, 0.5) is 0 Å². The fourth-order valence-corrected chi connectivity index (χ4v) is 7.47. The van der Waals surface area contributed by atoms with Crippen molar-refractivity contribution in [1.29, 1.82) is 0 Å². The average Bonchev–Trinajstić information content (AvgIpc) is 3.12. The largest absolute Gasteiger partial charge is 0.756 e. The van der Waals surface area contributed by atoms with Gasteiger partial charge in [0.05, 0.1) is 27.7 Å². The maximum absolute atomic E-state index is 12.7. The van der Waals surface area contributed by atoms with Gasteiger partial charge in [-0.3, -0.25) is 14.2 Å². The van der Waals surface area contributed by atoms with Crippen LogP contribution in [0.5, 0.6) is 0 Å². The lowest BCUT2D eigenvalue weighted by Crippen LogP contribution is -2.42. The van der Waals surface area contributed by atoms with Crippen molar-refractivity contribution < 1.29 is 42.1 Å². The molecular formula is C44H86NO8P. The second kappa shape index (κ2) is 36.1. The first kappa shape index (κ1) is 52.8. The van der Waals surface area contributed by atoms with Crippen molar-refractivity contribution in [2.75, 3.05) is 40.9 Å². The van der Waals surface area contributed by atoms with Crippen LogP contribution in [0.1, 0.15) is 207 Å². The molecule has 0 saturated heterocycles. The number of esters is 2. The Morgan fingerprint density at radius 2 is 0.981 bits per heavy atom. The Bertz CT molecular complexity index is 953. The number of phosphoric acid groups is 1. The van der Waals surface area contributed by atoms with Gasteiger partial charge in [0.1, 0.15) is 19.3 Å². The molecule has 0 aromatic carbocycles. The number of allylic oxidation sites excluding steroid dienone is 2. The van der Waals surface area contributed by atoms with Crippen LogP contribution in [0.15, 0.2) is 12.2 Å². The first-order valence-electron chi connectivity index (χ1n) is 22.4. The maximum atomic E-state index is 12.7. The maximum Gasteiger partial charge on any atom is 0.306 e. The van der Waals surface area contributed by atoms with Gasteiger partial charge < -0.3 is 27.9 Å². The molecule has 0 spiro atoms. The van der Waals surface area contributed by atoms with Gasteiger partial charge in [-0.1, -0.05) is 161 Å². The molecule has 0 bridgehead atoms. The summed E-state index contributed by atoms with van der Waals surface area (Å²) in [5.74, 6) is -0.834. The van der Waals surface area contributed by atoms with Crippen LogP contribution in [-0.4, -0.2) is 69.5 Å². The molecular weight excluding hydrogens is 701 g/mol. The van der Waals surface area contributed by atoms with Crippen LogP contribution < -0.4 is 4.89 Å². The fraction of sp³-hybridized carbons (Fsp3) is 0.909. The molecule has 0 heterocycles. The number of carbonyl (C=O) groups excluding carboxylic acids is 2. The van der Waals surface area contributed by atoms with Crippen LogP contribution in [0.3, 0.4) is 0 Å². The highest BCUT2D eigenvalue weighted by molar-refractivity contribution is 7.45. The minimum Gasteiger partial charge on any atom is -0.756 e. The number of nitrogens with zero attached hydrogens (tertiary/aromatic N) is 1. The van der Waals surface area contributed by atoms with Gasteiger partial charge in [0, 0.05) is 12.8 Å². The normalized spacial score (nSPS) is 14.3. The Balaban J connectivity index is 4.55. The van der Waals surface area contributed by atoms with E-state index < -0.39 is 32.6 Å². The van der Waals surface area contributed by atoms with Crippen molar-refractivity contribution >= 4 is 19.8 Å². The topological polar surface area (TPSA) is 111 Å². The summed E-state index contributed by atoms with van der Waals surface area (Å²) < 4.78 is 34.8. The zero-order chi connectivity index (χ0) is 40.2. The van der Waals surface area contributed by atoms with E-state index in [1.807, 2.05) is 28.1 Å². The summed E-state index contributed by atoms with van der Waals surface area (Å²) in [6.45, 7) is 6.12. The summed E-state index contributed by atoms with van der Waals surface area (Å²) in [5, 5.41) is 0. The molecule has 0 aliphatic carbocycles. The monoisotopic (exact) mass is 788 g/mol. The third-order valence-electron chi connectivity index (χ3n) is 9.76. The van der Waals surface area contributed by atoms with E-state index in [1.165, 1.54) is 109 Å². The zero-order valence-corrected chi connectivity index (χ0v) is 37.0. The first-order chi connectivity index (χ1) is 25.9. The summed E-state index contributed by atoms with van der Waals surface area (Å²) in [6.07, 6.45) is 35.1. The molecule has 0 amide bonds. The second-order valence-electron chi connectivity index (χ2n) is 16.5.